The minimum atomic E-state index is -1.07. The topological polar surface area (TPSA) is 44.8 Å². The van der Waals surface area contributed by atoms with Crippen LogP contribution in [0.3, 0.4) is 0 Å². The van der Waals surface area contributed by atoms with Gasteiger partial charge in [-0.05, 0) is 50.6 Å². The standard InChI is InChI=1S/C24H32FN3O2/c1-17-5-7-19(8-6-17)15-28(23-13-14-27(3)16-22(23)25)24(29)26-18(2)20-9-11-21(30-4)12-10-20/h5-12,18,22-23H,13-16H2,1-4H3,(H,26,29). The molecule has 3 atom stereocenters. The number of nitrogens with zero attached hydrogens (tertiary/aromatic N) is 2. The van der Waals surface area contributed by atoms with Gasteiger partial charge >= 0.3 is 6.03 Å². The molecule has 5 nitrogen and oxygen atoms in total. The summed E-state index contributed by atoms with van der Waals surface area (Å²) in [6, 6.07) is 14.8. The van der Waals surface area contributed by atoms with Gasteiger partial charge in [0.1, 0.15) is 11.9 Å². The Hall–Kier alpha value is -2.60. The predicted molar refractivity (Wildman–Crippen MR) is 117 cm³/mol. The van der Waals surface area contributed by atoms with Gasteiger partial charge in [-0.1, -0.05) is 42.0 Å². The van der Waals surface area contributed by atoms with Crippen molar-refractivity contribution >= 4 is 6.03 Å². The summed E-state index contributed by atoms with van der Waals surface area (Å²) in [5.41, 5.74) is 3.13. The molecule has 1 N–H and O–H groups in total. The number of methoxy groups -OCH3 is 1. The van der Waals surface area contributed by atoms with Gasteiger partial charge in [0, 0.05) is 19.6 Å². The fraction of sp³-hybridized carbons (Fsp3) is 0.458. The maximum atomic E-state index is 14.9. The maximum absolute atomic E-state index is 14.9. The van der Waals surface area contributed by atoms with Crippen molar-refractivity contribution < 1.29 is 13.9 Å². The Labute approximate surface area is 178 Å². The first-order valence-corrected chi connectivity index (χ1v) is 10.5. The van der Waals surface area contributed by atoms with Crippen molar-refractivity contribution in [1.29, 1.82) is 0 Å². The molecule has 6 heteroatoms. The van der Waals surface area contributed by atoms with E-state index < -0.39 is 12.2 Å². The van der Waals surface area contributed by atoms with Gasteiger partial charge in [0.15, 0.2) is 0 Å². The first-order valence-electron chi connectivity index (χ1n) is 10.5. The van der Waals surface area contributed by atoms with E-state index in [1.54, 1.807) is 12.0 Å². The third-order valence-corrected chi connectivity index (χ3v) is 5.80. The predicted octanol–water partition coefficient (Wildman–Crippen LogP) is 4.32. The highest BCUT2D eigenvalue weighted by Crippen LogP contribution is 2.23. The Kier molecular flexibility index (Phi) is 7.32. The summed E-state index contributed by atoms with van der Waals surface area (Å²) in [7, 11) is 3.54. The van der Waals surface area contributed by atoms with Crippen LogP contribution in [-0.4, -0.2) is 55.3 Å². The fourth-order valence-electron chi connectivity index (χ4n) is 3.87. The first-order chi connectivity index (χ1) is 14.4. The number of aryl methyl sites for hydroxylation is 1. The molecule has 3 rings (SSSR count). The zero-order valence-corrected chi connectivity index (χ0v) is 18.3. The van der Waals surface area contributed by atoms with Crippen molar-refractivity contribution in [3.8, 4) is 5.75 Å². The van der Waals surface area contributed by atoms with Crippen LogP contribution in [0.15, 0.2) is 48.5 Å². The van der Waals surface area contributed by atoms with Crippen LogP contribution in [-0.2, 0) is 6.54 Å². The molecule has 2 aromatic rings. The summed E-state index contributed by atoms with van der Waals surface area (Å²) in [4.78, 5) is 16.9. The van der Waals surface area contributed by atoms with E-state index in [0.29, 0.717) is 19.5 Å². The zero-order chi connectivity index (χ0) is 21.7. The van der Waals surface area contributed by atoms with Crippen LogP contribution in [0.2, 0.25) is 0 Å². The van der Waals surface area contributed by atoms with E-state index >= 15 is 0 Å². The number of amides is 2. The van der Waals surface area contributed by atoms with Crippen molar-refractivity contribution in [3.63, 3.8) is 0 Å². The van der Waals surface area contributed by atoms with Crippen molar-refractivity contribution in [2.75, 3.05) is 27.2 Å². The van der Waals surface area contributed by atoms with Crippen molar-refractivity contribution in [1.82, 2.24) is 15.1 Å². The molecule has 0 spiro atoms. The molecule has 1 fully saturated rings. The van der Waals surface area contributed by atoms with Gasteiger partial charge in [-0.3, -0.25) is 0 Å². The number of rotatable bonds is 6. The van der Waals surface area contributed by atoms with E-state index in [0.717, 1.165) is 29.0 Å². The lowest BCUT2D eigenvalue weighted by molar-refractivity contribution is 0.0565. The summed E-state index contributed by atoms with van der Waals surface area (Å²) in [5, 5.41) is 3.06. The summed E-state index contributed by atoms with van der Waals surface area (Å²) >= 11 is 0. The number of piperidine rings is 1. The van der Waals surface area contributed by atoms with Crippen molar-refractivity contribution in [3.05, 3.63) is 65.2 Å². The van der Waals surface area contributed by atoms with Crippen LogP contribution in [0.1, 0.15) is 36.1 Å². The highest BCUT2D eigenvalue weighted by molar-refractivity contribution is 5.75. The molecule has 0 saturated carbocycles. The van der Waals surface area contributed by atoms with E-state index in [-0.39, 0.29) is 12.1 Å². The van der Waals surface area contributed by atoms with Gasteiger partial charge in [-0.15, -0.1) is 0 Å². The smallest absolute Gasteiger partial charge is 0.318 e. The van der Waals surface area contributed by atoms with Gasteiger partial charge in [-0.2, -0.15) is 0 Å². The maximum Gasteiger partial charge on any atom is 0.318 e. The minimum Gasteiger partial charge on any atom is -0.497 e. The fourth-order valence-corrected chi connectivity index (χ4v) is 3.87. The molecule has 0 radical (unpaired) electrons. The number of urea groups is 1. The highest BCUT2D eigenvalue weighted by atomic mass is 19.1. The Bertz CT molecular complexity index is 825. The number of carbonyl (C=O) groups is 1. The van der Waals surface area contributed by atoms with Crippen molar-refractivity contribution in [2.24, 2.45) is 0 Å². The van der Waals surface area contributed by atoms with Crippen LogP contribution < -0.4 is 10.1 Å². The monoisotopic (exact) mass is 413 g/mol. The van der Waals surface area contributed by atoms with E-state index in [1.807, 2.05) is 74.3 Å². The van der Waals surface area contributed by atoms with Crippen LogP contribution >= 0.6 is 0 Å². The Balaban J connectivity index is 1.77. The minimum absolute atomic E-state index is 0.201. The normalized spacial score (nSPS) is 20.4. The lowest BCUT2D eigenvalue weighted by atomic mass is 10.0. The van der Waals surface area contributed by atoms with Crippen LogP contribution in [0.25, 0.3) is 0 Å². The number of halogens is 1. The lowest BCUT2D eigenvalue weighted by Crippen LogP contribution is -2.55. The van der Waals surface area contributed by atoms with E-state index in [9.17, 15) is 9.18 Å². The zero-order valence-electron chi connectivity index (χ0n) is 18.3. The average Bonchev–Trinajstić information content (AvgIpc) is 2.74. The third-order valence-electron chi connectivity index (χ3n) is 5.80. The quantitative estimate of drug-likeness (QED) is 0.767. The second-order valence-corrected chi connectivity index (χ2v) is 8.19. The third kappa shape index (κ3) is 5.51. The molecule has 1 aliphatic heterocycles. The number of ether oxygens (including phenoxy) is 1. The summed E-state index contributed by atoms with van der Waals surface area (Å²) in [5.74, 6) is 0.768. The number of likely N-dealkylation sites (tertiary alicyclic amines) is 1. The Morgan fingerprint density at radius 3 is 2.50 bits per heavy atom. The molecule has 0 aromatic heterocycles. The van der Waals surface area contributed by atoms with Crippen molar-refractivity contribution in [2.45, 2.75) is 45.1 Å². The van der Waals surface area contributed by atoms with Crippen LogP contribution in [0, 0.1) is 6.92 Å². The number of hydrogen-bond donors (Lipinski definition) is 1. The number of carbonyl (C=O) groups excluding carboxylic acids is 1. The molecule has 0 aliphatic carbocycles. The molecule has 1 aliphatic rings. The number of hydrogen-bond acceptors (Lipinski definition) is 3. The number of nitrogens with one attached hydrogen (secondary N) is 1. The number of benzene rings is 2. The van der Waals surface area contributed by atoms with E-state index in [2.05, 4.69) is 5.32 Å². The molecule has 3 unspecified atom stereocenters. The molecular weight excluding hydrogens is 381 g/mol. The summed E-state index contributed by atoms with van der Waals surface area (Å²) in [6.45, 7) is 5.47. The molecule has 0 bridgehead atoms. The number of alkyl halides is 1. The molecule has 1 heterocycles. The SMILES string of the molecule is COc1ccc(C(C)NC(=O)N(Cc2ccc(C)cc2)C2CCN(C)CC2F)cc1. The second kappa shape index (κ2) is 9.94. The highest BCUT2D eigenvalue weighted by Gasteiger charge is 2.35. The Morgan fingerprint density at radius 2 is 1.90 bits per heavy atom. The molecule has 2 amide bonds. The second-order valence-electron chi connectivity index (χ2n) is 8.19. The van der Waals surface area contributed by atoms with E-state index in [4.69, 9.17) is 4.74 Å². The average molecular weight is 414 g/mol. The molecule has 162 valence electrons. The Morgan fingerprint density at radius 1 is 1.23 bits per heavy atom. The van der Waals surface area contributed by atoms with Gasteiger partial charge < -0.3 is 19.9 Å². The summed E-state index contributed by atoms with van der Waals surface area (Å²) in [6.07, 6.45) is -0.454. The van der Waals surface area contributed by atoms with Gasteiger partial charge in [0.25, 0.3) is 0 Å². The van der Waals surface area contributed by atoms with Gasteiger partial charge in [0.05, 0.1) is 19.2 Å². The molecule has 1 saturated heterocycles. The van der Waals surface area contributed by atoms with Crippen LogP contribution in [0.4, 0.5) is 9.18 Å². The van der Waals surface area contributed by atoms with Crippen LogP contribution in [0.5, 0.6) is 5.75 Å². The molecule has 30 heavy (non-hydrogen) atoms. The van der Waals surface area contributed by atoms with Gasteiger partial charge in [0.2, 0.25) is 0 Å². The van der Waals surface area contributed by atoms with E-state index in [1.165, 1.54) is 0 Å². The molecule has 2 aromatic carbocycles. The van der Waals surface area contributed by atoms with Gasteiger partial charge in [-0.25, -0.2) is 9.18 Å². The largest absolute Gasteiger partial charge is 0.497 e. The first kappa shape index (κ1) is 22.1. The lowest BCUT2D eigenvalue weighted by Gasteiger charge is -2.40. The molecular formula is C24H32FN3O2. The summed E-state index contributed by atoms with van der Waals surface area (Å²) < 4.78 is 20.1.